The minimum absolute atomic E-state index is 0.142. The van der Waals surface area contributed by atoms with Crippen LogP contribution < -0.4 is 4.72 Å². The van der Waals surface area contributed by atoms with E-state index >= 15 is 0 Å². The van der Waals surface area contributed by atoms with Gasteiger partial charge in [0.1, 0.15) is 0 Å². The molecule has 2 aromatic rings. The standard InChI is InChI=1S/C13H13ClN2O2S/c1-10-6-12(9-15-8-10)16-19(17,18)13-5-3-2-4-11(13)7-14/h2-6,8-9,16H,7H2,1H3. The number of aromatic nitrogens is 1. The summed E-state index contributed by atoms with van der Waals surface area (Å²) in [6.07, 6.45) is 3.12. The molecular formula is C13H13ClN2O2S. The van der Waals surface area contributed by atoms with E-state index in [9.17, 15) is 8.42 Å². The number of benzene rings is 1. The van der Waals surface area contributed by atoms with E-state index in [1.165, 1.54) is 12.3 Å². The fourth-order valence-corrected chi connectivity index (χ4v) is 3.28. The van der Waals surface area contributed by atoms with Gasteiger partial charge in [0.05, 0.1) is 16.8 Å². The molecule has 0 aliphatic carbocycles. The van der Waals surface area contributed by atoms with Gasteiger partial charge in [-0.25, -0.2) is 8.42 Å². The summed E-state index contributed by atoms with van der Waals surface area (Å²) in [6.45, 7) is 1.84. The van der Waals surface area contributed by atoms with Crippen molar-refractivity contribution in [3.63, 3.8) is 0 Å². The molecule has 0 atom stereocenters. The lowest BCUT2D eigenvalue weighted by Crippen LogP contribution is -2.14. The largest absolute Gasteiger partial charge is 0.278 e. The van der Waals surface area contributed by atoms with E-state index in [1.807, 2.05) is 6.92 Å². The summed E-state index contributed by atoms with van der Waals surface area (Å²) < 4.78 is 27.1. The molecule has 0 aliphatic heterocycles. The third-order valence-corrected chi connectivity index (χ3v) is 4.30. The van der Waals surface area contributed by atoms with Crippen molar-refractivity contribution in [3.8, 4) is 0 Å². The Labute approximate surface area is 117 Å². The van der Waals surface area contributed by atoms with Gasteiger partial charge in [-0.15, -0.1) is 11.6 Å². The zero-order valence-corrected chi connectivity index (χ0v) is 11.9. The van der Waals surface area contributed by atoms with Crippen molar-refractivity contribution in [1.29, 1.82) is 0 Å². The normalized spacial score (nSPS) is 11.3. The number of rotatable bonds is 4. The monoisotopic (exact) mass is 296 g/mol. The second-order valence-corrected chi connectivity index (χ2v) is 6.02. The number of aryl methyl sites for hydroxylation is 1. The van der Waals surface area contributed by atoms with Crippen LogP contribution in [0.3, 0.4) is 0 Å². The van der Waals surface area contributed by atoms with Gasteiger partial charge >= 0.3 is 0 Å². The van der Waals surface area contributed by atoms with Crippen LogP contribution in [0.25, 0.3) is 0 Å². The third kappa shape index (κ3) is 3.24. The second-order valence-electron chi connectivity index (χ2n) is 4.10. The molecule has 1 heterocycles. The summed E-state index contributed by atoms with van der Waals surface area (Å²) in [5.74, 6) is 0.142. The molecule has 1 N–H and O–H groups in total. The summed E-state index contributed by atoms with van der Waals surface area (Å²) >= 11 is 5.76. The first kappa shape index (κ1) is 13.8. The van der Waals surface area contributed by atoms with Gasteiger partial charge in [0, 0.05) is 12.1 Å². The summed E-state index contributed by atoms with van der Waals surface area (Å²) in [4.78, 5) is 4.14. The molecule has 0 saturated carbocycles. The van der Waals surface area contributed by atoms with Gasteiger partial charge < -0.3 is 0 Å². The summed E-state index contributed by atoms with van der Waals surface area (Å²) in [7, 11) is -3.65. The van der Waals surface area contributed by atoms with Crippen LogP contribution in [0.1, 0.15) is 11.1 Å². The zero-order valence-electron chi connectivity index (χ0n) is 10.3. The van der Waals surface area contributed by atoms with E-state index in [0.29, 0.717) is 11.3 Å². The van der Waals surface area contributed by atoms with Crippen molar-refractivity contribution in [2.45, 2.75) is 17.7 Å². The van der Waals surface area contributed by atoms with E-state index in [0.717, 1.165) is 5.56 Å². The van der Waals surface area contributed by atoms with Gasteiger partial charge in [-0.3, -0.25) is 9.71 Å². The van der Waals surface area contributed by atoms with Crippen molar-refractivity contribution < 1.29 is 8.42 Å². The van der Waals surface area contributed by atoms with Crippen LogP contribution in [0.15, 0.2) is 47.6 Å². The highest BCUT2D eigenvalue weighted by Crippen LogP contribution is 2.20. The van der Waals surface area contributed by atoms with Crippen molar-refractivity contribution in [3.05, 3.63) is 53.9 Å². The van der Waals surface area contributed by atoms with Crippen molar-refractivity contribution in [1.82, 2.24) is 4.98 Å². The Kier molecular flexibility index (Phi) is 4.07. The zero-order chi connectivity index (χ0) is 13.9. The number of halogens is 1. The molecule has 1 aromatic heterocycles. The van der Waals surface area contributed by atoms with Crippen LogP contribution in [0, 0.1) is 6.92 Å². The summed E-state index contributed by atoms with van der Waals surface area (Å²) in [6, 6.07) is 8.36. The molecule has 0 radical (unpaired) electrons. The van der Waals surface area contributed by atoms with E-state index in [2.05, 4.69) is 9.71 Å². The minimum atomic E-state index is -3.65. The molecule has 0 unspecified atom stereocenters. The Hall–Kier alpha value is -1.59. The second kappa shape index (κ2) is 5.59. The number of sulfonamides is 1. The van der Waals surface area contributed by atoms with Gasteiger partial charge in [0.15, 0.2) is 0 Å². The predicted molar refractivity (Wildman–Crippen MR) is 75.8 cm³/mol. The highest BCUT2D eigenvalue weighted by Gasteiger charge is 2.17. The Morgan fingerprint density at radius 1 is 1.26 bits per heavy atom. The number of alkyl halides is 1. The average molecular weight is 297 g/mol. The number of hydrogen-bond donors (Lipinski definition) is 1. The average Bonchev–Trinajstić information content (AvgIpc) is 2.38. The van der Waals surface area contributed by atoms with E-state index in [1.54, 1.807) is 30.5 Å². The molecule has 0 saturated heterocycles. The molecule has 19 heavy (non-hydrogen) atoms. The lowest BCUT2D eigenvalue weighted by atomic mass is 10.2. The third-order valence-electron chi connectivity index (χ3n) is 2.53. The van der Waals surface area contributed by atoms with E-state index in [4.69, 9.17) is 11.6 Å². The fourth-order valence-electron chi connectivity index (χ4n) is 1.70. The van der Waals surface area contributed by atoms with Crippen LogP contribution >= 0.6 is 11.6 Å². The van der Waals surface area contributed by atoms with Crippen molar-refractivity contribution in [2.75, 3.05) is 4.72 Å². The van der Waals surface area contributed by atoms with E-state index < -0.39 is 10.0 Å². The minimum Gasteiger partial charge on any atom is -0.278 e. The first-order valence-corrected chi connectivity index (χ1v) is 7.63. The SMILES string of the molecule is Cc1cncc(NS(=O)(=O)c2ccccc2CCl)c1. The predicted octanol–water partition coefficient (Wildman–Crippen LogP) is 2.93. The number of hydrogen-bond acceptors (Lipinski definition) is 3. The molecule has 0 bridgehead atoms. The topological polar surface area (TPSA) is 59.1 Å². The maximum Gasteiger partial charge on any atom is 0.262 e. The highest BCUT2D eigenvalue weighted by atomic mass is 35.5. The molecule has 100 valence electrons. The molecule has 0 fully saturated rings. The molecule has 2 rings (SSSR count). The maximum atomic E-state index is 12.3. The smallest absolute Gasteiger partial charge is 0.262 e. The van der Waals surface area contributed by atoms with Gasteiger partial charge in [-0.2, -0.15) is 0 Å². The van der Waals surface area contributed by atoms with Crippen molar-refractivity contribution >= 4 is 27.3 Å². The number of nitrogens with zero attached hydrogens (tertiary/aromatic N) is 1. The summed E-state index contributed by atoms with van der Waals surface area (Å²) in [5.41, 5.74) is 1.88. The van der Waals surface area contributed by atoms with Gasteiger partial charge in [0.2, 0.25) is 0 Å². The first-order valence-electron chi connectivity index (χ1n) is 5.61. The Morgan fingerprint density at radius 3 is 2.68 bits per heavy atom. The summed E-state index contributed by atoms with van der Waals surface area (Å²) in [5, 5.41) is 0. The molecule has 4 nitrogen and oxygen atoms in total. The number of anilines is 1. The Morgan fingerprint density at radius 2 is 2.00 bits per heavy atom. The molecular weight excluding hydrogens is 284 g/mol. The number of nitrogens with one attached hydrogen (secondary N) is 1. The van der Waals surface area contributed by atoms with Gasteiger partial charge in [0.25, 0.3) is 10.0 Å². The van der Waals surface area contributed by atoms with Crippen LogP contribution in [-0.2, 0) is 15.9 Å². The molecule has 6 heteroatoms. The van der Waals surface area contributed by atoms with Gasteiger partial charge in [-0.1, -0.05) is 18.2 Å². The molecule has 1 aromatic carbocycles. The van der Waals surface area contributed by atoms with Crippen LogP contribution in [0.5, 0.6) is 0 Å². The Bertz CT molecular complexity index is 687. The lowest BCUT2D eigenvalue weighted by molar-refractivity contribution is 0.600. The van der Waals surface area contributed by atoms with Crippen LogP contribution in [0.4, 0.5) is 5.69 Å². The Balaban J connectivity index is 2.38. The molecule has 0 spiro atoms. The molecule has 0 amide bonds. The number of pyridine rings is 1. The highest BCUT2D eigenvalue weighted by molar-refractivity contribution is 7.92. The quantitative estimate of drug-likeness (QED) is 0.883. The molecule has 0 aliphatic rings. The fraction of sp³-hybridized carbons (Fsp3) is 0.154. The van der Waals surface area contributed by atoms with E-state index in [-0.39, 0.29) is 10.8 Å². The van der Waals surface area contributed by atoms with Crippen LogP contribution in [-0.4, -0.2) is 13.4 Å². The van der Waals surface area contributed by atoms with Crippen molar-refractivity contribution in [2.24, 2.45) is 0 Å². The van der Waals surface area contributed by atoms with Gasteiger partial charge in [-0.05, 0) is 30.2 Å². The first-order chi connectivity index (χ1) is 9.03. The van der Waals surface area contributed by atoms with Crippen LogP contribution in [0.2, 0.25) is 0 Å². The lowest BCUT2D eigenvalue weighted by Gasteiger charge is -2.10. The maximum absolute atomic E-state index is 12.3.